The molecule has 0 aliphatic heterocycles. The maximum Gasteiger partial charge on any atom is 0.264 e. The van der Waals surface area contributed by atoms with Gasteiger partial charge in [-0.05, 0) is 38.5 Å². The lowest BCUT2D eigenvalue weighted by Crippen LogP contribution is -2.29. The van der Waals surface area contributed by atoms with E-state index in [2.05, 4.69) is 0 Å². The molecule has 0 aromatic rings. The summed E-state index contributed by atoms with van der Waals surface area (Å²) in [5.74, 6) is -0.571. The molecule has 2 N–H and O–H groups in total. The smallest absolute Gasteiger partial charge is 0.264 e. The minimum absolute atomic E-state index is 0.202. The Balaban J connectivity index is 2.39. The van der Waals surface area contributed by atoms with Crippen LogP contribution < -0.4 is 0 Å². The molecule has 0 amide bonds. The van der Waals surface area contributed by atoms with Crippen molar-refractivity contribution in [1.82, 2.24) is 0 Å². The molecule has 0 saturated heterocycles. The van der Waals surface area contributed by atoms with Gasteiger partial charge in [0.2, 0.25) is 0 Å². The third-order valence-electron chi connectivity index (χ3n) is 5.46. The average Bonchev–Trinajstić information content (AvgIpc) is 2.70. The summed E-state index contributed by atoms with van der Waals surface area (Å²) in [6.45, 7) is 1.35. The van der Waals surface area contributed by atoms with Crippen molar-refractivity contribution in [2.75, 3.05) is 37.9 Å². The summed E-state index contributed by atoms with van der Waals surface area (Å²) in [6, 6.07) is 0. The normalized spacial score (nSPS) is 18.4. The van der Waals surface area contributed by atoms with E-state index in [9.17, 15) is 16.8 Å². The molecule has 1 aliphatic carbocycles. The van der Waals surface area contributed by atoms with Gasteiger partial charge in [-0.15, -0.1) is 0 Å². The standard InChI is InChI=1S/C21H42O9S2/c22-31(23,24)16-10-8-14-28-18-21(29-15-9-11-17-32(25,26)27)19-30-20-12-6-4-2-1-3-5-7-13-20/h20-21H,1-19H2,(H,22,23,24)(H,25,26,27). The molecule has 0 aromatic heterocycles. The Hall–Kier alpha value is -0.300. The predicted octanol–water partition coefficient (Wildman–Crippen LogP) is 3.63. The molecule has 1 atom stereocenters. The van der Waals surface area contributed by atoms with Crippen LogP contribution in [0.25, 0.3) is 0 Å². The molecule has 0 heterocycles. The van der Waals surface area contributed by atoms with E-state index in [-0.39, 0.29) is 30.3 Å². The summed E-state index contributed by atoms with van der Waals surface area (Å²) >= 11 is 0. The Kier molecular flexibility index (Phi) is 16.0. The number of hydrogen-bond donors (Lipinski definition) is 2. The van der Waals surface area contributed by atoms with Gasteiger partial charge in [-0.3, -0.25) is 9.11 Å². The zero-order chi connectivity index (χ0) is 23.7. The molecule has 192 valence electrons. The zero-order valence-electron chi connectivity index (χ0n) is 19.2. The maximum absolute atomic E-state index is 10.8. The van der Waals surface area contributed by atoms with Crippen LogP contribution in [0.3, 0.4) is 0 Å². The number of unbranched alkanes of at least 4 members (excludes halogenated alkanes) is 2. The van der Waals surface area contributed by atoms with Gasteiger partial charge in [-0.25, -0.2) is 0 Å². The van der Waals surface area contributed by atoms with Crippen LogP contribution in [0, 0.1) is 0 Å². The van der Waals surface area contributed by atoms with Crippen LogP contribution in [-0.2, 0) is 34.4 Å². The van der Waals surface area contributed by atoms with Crippen LogP contribution in [0.15, 0.2) is 0 Å². The van der Waals surface area contributed by atoms with Crippen LogP contribution >= 0.6 is 0 Å². The van der Waals surface area contributed by atoms with Gasteiger partial charge in [0, 0.05) is 13.2 Å². The fourth-order valence-corrected chi connectivity index (χ4v) is 4.80. The van der Waals surface area contributed by atoms with E-state index < -0.39 is 20.2 Å². The van der Waals surface area contributed by atoms with Crippen molar-refractivity contribution >= 4 is 20.2 Å². The molecule has 1 saturated carbocycles. The second-order valence-electron chi connectivity index (χ2n) is 8.56. The van der Waals surface area contributed by atoms with Crippen LogP contribution in [0.1, 0.15) is 83.5 Å². The highest BCUT2D eigenvalue weighted by atomic mass is 32.2. The minimum Gasteiger partial charge on any atom is -0.379 e. The zero-order valence-corrected chi connectivity index (χ0v) is 20.8. The monoisotopic (exact) mass is 502 g/mol. The Bertz CT molecular complexity index is 655. The van der Waals surface area contributed by atoms with E-state index in [0.717, 1.165) is 25.7 Å². The number of ether oxygens (including phenoxy) is 3. The minimum atomic E-state index is -3.96. The Morgan fingerprint density at radius 3 is 1.72 bits per heavy atom. The van der Waals surface area contributed by atoms with Gasteiger partial charge in [-0.1, -0.05) is 44.9 Å². The van der Waals surface area contributed by atoms with Crippen LogP contribution in [0.5, 0.6) is 0 Å². The lowest BCUT2D eigenvalue weighted by Gasteiger charge is -2.24. The second-order valence-corrected chi connectivity index (χ2v) is 11.7. The summed E-state index contributed by atoms with van der Waals surface area (Å²) in [6.07, 6.45) is 12.3. The number of rotatable bonds is 16. The molecular formula is C21H42O9S2. The Morgan fingerprint density at radius 1 is 0.688 bits per heavy atom. The van der Waals surface area contributed by atoms with E-state index in [1.807, 2.05) is 0 Å². The van der Waals surface area contributed by atoms with E-state index >= 15 is 0 Å². The fourth-order valence-electron chi connectivity index (χ4n) is 3.67. The molecule has 0 radical (unpaired) electrons. The van der Waals surface area contributed by atoms with Crippen molar-refractivity contribution in [2.45, 2.75) is 95.7 Å². The van der Waals surface area contributed by atoms with Crippen LogP contribution in [0.4, 0.5) is 0 Å². The van der Waals surface area contributed by atoms with Gasteiger partial charge < -0.3 is 14.2 Å². The predicted molar refractivity (Wildman–Crippen MR) is 123 cm³/mol. The van der Waals surface area contributed by atoms with Gasteiger partial charge in [0.05, 0.1) is 30.8 Å². The van der Waals surface area contributed by atoms with Crippen molar-refractivity contribution in [3.8, 4) is 0 Å². The van der Waals surface area contributed by atoms with Crippen molar-refractivity contribution in [1.29, 1.82) is 0 Å². The molecule has 11 heteroatoms. The highest BCUT2D eigenvalue weighted by Gasteiger charge is 2.16. The molecule has 1 aliphatic rings. The SMILES string of the molecule is O=S(=O)(O)CCCCOCC(COC1CCCCCCCCC1)OCCCCS(=O)(=O)O. The first kappa shape index (κ1) is 29.7. The third-order valence-corrected chi connectivity index (χ3v) is 7.07. The fraction of sp³-hybridized carbons (Fsp3) is 1.00. The van der Waals surface area contributed by atoms with Crippen molar-refractivity contribution in [3.63, 3.8) is 0 Å². The van der Waals surface area contributed by atoms with Crippen LogP contribution in [0.2, 0.25) is 0 Å². The third kappa shape index (κ3) is 19.2. The summed E-state index contributed by atoms with van der Waals surface area (Å²) in [5.41, 5.74) is 0. The van der Waals surface area contributed by atoms with E-state index in [4.69, 9.17) is 23.3 Å². The number of hydrogen-bond acceptors (Lipinski definition) is 7. The molecule has 0 bridgehead atoms. The van der Waals surface area contributed by atoms with Gasteiger partial charge in [0.25, 0.3) is 20.2 Å². The Morgan fingerprint density at radius 2 is 1.19 bits per heavy atom. The first-order chi connectivity index (χ1) is 15.2. The molecule has 0 spiro atoms. The molecule has 1 fully saturated rings. The molecule has 1 unspecified atom stereocenters. The Labute approximate surface area is 194 Å². The van der Waals surface area contributed by atoms with Gasteiger partial charge in [0.15, 0.2) is 0 Å². The van der Waals surface area contributed by atoms with Crippen molar-refractivity contribution < 1.29 is 40.2 Å². The summed E-state index contributed by atoms with van der Waals surface area (Å²) in [7, 11) is -7.91. The summed E-state index contributed by atoms with van der Waals surface area (Å²) in [4.78, 5) is 0. The summed E-state index contributed by atoms with van der Waals surface area (Å²) < 4.78 is 78.3. The summed E-state index contributed by atoms with van der Waals surface area (Å²) in [5, 5.41) is 0. The van der Waals surface area contributed by atoms with E-state index in [1.54, 1.807) is 0 Å². The molecule has 1 rings (SSSR count). The largest absolute Gasteiger partial charge is 0.379 e. The molecule has 0 aromatic carbocycles. The van der Waals surface area contributed by atoms with Crippen molar-refractivity contribution in [3.05, 3.63) is 0 Å². The average molecular weight is 503 g/mol. The first-order valence-electron chi connectivity index (χ1n) is 11.9. The molecular weight excluding hydrogens is 460 g/mol. The van der Waals surface area contributed by atoms with Crippen molar-refractivity contribution in [2.24, 2.45) is 0 Å². The van der Waals surface area contributed by atoms with E-state index in [1.165, 1.54) is 32.1 Å². The topological polar surface area (TPSA) is 136 Å². The highest BCUT2D eigenvalue weighted by molar-refractivity contribution is 7.86. The van der Waals surface area contributed by atoms with Gasteiger partial charge in [-0.2, -0.15) is 16.8 Å². The quantitative estimate of drug-likeness (QED) is 0.239. The maximum atomic E-state index is 10.8. The first-order valence-corrected chi connectivity index (χ1v) is 15.1. The molecule has 9 nitrogen and oxygen atoms in total. The second kappa shape index (κ2) is 17.2. The lowest BCUT2D eigenvalue weighted by atomic mass is 9.99. The highest BCUT2D eigenvalue weighted by Crippen LogP contribution is 2.19. The van der Waals surface area contributed by atoms with E-state index in [0.29, 0.717) is 45.5 Å². The lowest BCUT2D eigenvalue weighted by molar-refractivity contribution is -0.0813. The van der Waals surface area contributed by atoms with Gasteiger partial charge >= 0.3 is 0 Å². The van der Waals surface area contributed by atoms with Crippen LogP contribution in [-0.4, -0.2) is 76.1 Å². The van der Waals surface area contributed by atoms with Gasteiger partial charge in [0.1, 0.15) is 6.10 Å². The molecule has 32 heavy (non-hydrogen) atoms.